The second kappa shape index (κ2) is 11.0. The number of amides is 2. The van der Waals surface area contributed by atoms with Crippen LogP contribution >= 0.6 is 34.8 Å². The lowest BCUT2D eigenvalue weighted by Crippen LogP contribution is -2.21. The molecule has 0 bridgehead atoms. The Bertz CT molecular complexity index is 919. The van der Waals surface area contributed by atoms with E-state index in [1.54, 1.807) is 30.3 Å². The number of aryl methyl sites for hydroxylation is 1. The Hall–Kier alpha value is -2.28. The molecule has 0 aliphatic rings. The van der Waals surface area contributed by atoms with Gasteiger partial charge in [0, 0.05) is 29.2 Å². The van der Waals surface area contributed by atoms with Gasteiger partial charge in [-0.2, -0.15) is 0 Å². The summed E-state index contributed by atoms with van der Waals surface area (Å²) in [7, 11) is 0. The van der Waals surface area contributed by atoms with Gasteiger partial charge in [0.2, 0.25) is 5.91 Å². The van der Waals surface area contributed by atoms with E-state index < -0.39 is 18.5 Å². The maximum Gasteiger partial charge on any atom is 0.306 e. The number of nitrogens with one attached hydrogen (secondary N) is 2. The van der Waals surface area contributed by atoms with Crippen molar-refractivity contribution in [1.29, 1.82) is 0 Å². The second-order valence-electron chi connectivity index (χ2n) is 6.20. The first-order valence-electron chi connectivity index (χ1n) is 8.71. The molecule has 0 aliphatic heterocycles. The molecule has 0 aliphatic carbocycles. The minimum atomic E-state index is -0.565. The maximum absolute atomic E-state index is 11.9. The van der Waals surface area contributed by atoms with Crippen molar-refractivity contribution < 1.29 is 19.1 Å². The molecule has 0 radical (unpaired) electrons. The summed E-state index contributed by atoms with van der Waals surface area (Å²) in [4.78, 5) is 35.6. The highest BCUT2D eigenvalue weighted by atomic mass is 35.5. The Labute approximate surface area is 183 Å². The SMILES string of the molecule is Cc1ccc(Cl)cc1NC(=O)COC(=O)CCCC(=O)Nc1ccc(Cl)c(Cl)c1. The summed E-state index contributed by atoms with van der Waals surface area (Å²) in [6, 6.07) is 9.84. The minimum Gasteiger partial charge on any atom is -0.456 e. The van der Waals surface area contributed by atoms with Gasteiger partial charge >= 0.3 is 5.97 Å². The summed E-state index contributed by atoms with van der Waals surface area (Å²) in [5.41, 5.74) is 1.90. The fourth-order valence-corrected chi connectivity index (χ4v) is 2.79. The fraction of sp³-hybridized carbons (Fsp3) is 0.250. The van der Waals surface area contributed by atoms with Gasteiger partial charge in [0.25, 0.3) is 5.91 Å². The van der Waals surface area contributed by atoms with Crippen molar-refractivity contribution in [2.75, 3.05) is 17.2 Å². The lowest BCUT2D eigenvalue weighted by atomic mass is 10.2. The molecule has 2 aromatic rings. The van der Waals surface area contributed by atoms with Gasteiger partial charge in [0.15, 0.2) is 6.61 Å². The van der Waals surface area contributed by atoms with Gasteiger partial charge in [0.1, 0.15) is 0 Å². The number of hydrogen-bond donors (Lipinski definition) is 2. The van der Waals surface area contributed by atoms with Crippen LogP contribution in [0.5, 0.6) is 0 Å². The number of carbonyl (C=O) groups excluding carboxylic acids is 3. The third kappa shape index (κ3) is 7.93. The largest absolute Gasteiger partial charge is 0.456 e. The fourth-order valence-electron chi connectivity index (χ4n) is 2.32. The van der Waals surface area contributed by atoms with Crippen LogP contribution in [0.3, 0.4) is 0 Å². The van der Waals surface area contributed by atoms with Gasteiger partial charge < -0.3 is 15.4 Å². The molecule has 0 aromatic heterocycles. The summed E-state index contributed by atoms with van der Waals surface area (Å²) in [5, 5.41) is 6.50. The first-order chi connectivity index (χ1) is 13.7. The standard InChI is InChI=1S/C20H19Cl3N2O4/c1-12-5-6-13(21)9-17(12)25-19(27)11-29-20(28)4-2-3-18(26)24-14-7-8-15(22)16(23)10-14/h5-10H,2-4,11H2,1H3,(H,24,26)(H,25,27). The van der Waals surface area contributed by atoms with Crippen LogP contribution < -0.4 is 10.6 Å². The normalized spacial score (nSPS) is 10.3. The van der Waals surface area contributed by atoms with E-state index in [0.29, 0.717) is 26.4 Å². The van der Waals surface area contributed by atoms with Crippen LogP contribution in [-0.2, 0) is 19.1 Å². The number of benzene rings is 2. The average Bonchev–Trinajstić information content (AvgIpc) is 2.66. The van der Waals surface area contributed by atoms with E-state index >= 15 is 0 Å². The Morgan fingerprint density at radius 3 is 2.38 bits per heavy atom. The Morgan fingerprint density at radius 1 is 0.897 bits per heavy atom. The van der Waals surface area contributed by atoms with E-state index in [-0.39, 0.29) is 25.2 Å². The number of anilines is 2. The molecular formula is C20H19Cl3N2O4. The summed E-state index contributed by atoms with van der Waals surface area (Å²) >= 11 is 17.6. The maximum atomic E-state index is 11.9. The van der Waals surface area contributed by atoms with Crippen molar-refractivity contribution in [3.8, 4) is 0 Å². The van der Waals surface area contributed by atoms with Crippen LogP contribution in [0.4, 0.5) is 11.4 Å². The second-order valence-corrected chi connectivity index (χ2v) is 7.45. The van der Waals surface area contributed by atoms with Crippen LogP contribution in [0.2, 0.25) is 15.1 Å². The molecule has 2 amide bonds. The van der Waals surface area contributed by atoms with Crippen molar-refractivity contribution >= 4 is 64.0 Å². The molecule has 29 heavy (non-hydrogen) atoms. The molecule has 9 heteroatoms. The van der Waals surface area contributed by atoms with Crippen LogP contribution in [0.25, 0.3) is 0 Å². The Balaban J connectivity index is 1.67. The molecule has 0 unspecified atom stereocenters. The predicted molar refractivity (Wildman–Crippen MR) is 115 cm³/mol. The Kier molecular flexibility index (Phi) is 8.76. The van der Waals surface area contributed by atoms with E-state index in [2.05, 4.69) is 10.6 Å². The number of rotatable bonds is 8. The summed E-state index contributed by atoms with van der Waals surface area (Å²) in [6.07, 6.45) is 0.405. The number of esters is 1. The van der Waals surface area contributed by atoms with Gasteiger partial charge in [-0.3, -0.25) is 14.4 Å². The molecular weight excluding hydrogens is 439 g/mol. The quantitative estimate of drug-likeness (QED) is 0.531. The van der Waals surface area contributed by atoms with Crippen molar-refractivity contribution in [3.63, 3.8) is 0 Å². The number of ether oxygens (including phenoxy) is 1. The van der Waals surface area contributed by atoms with Crippen molar-refractivity contribution in [2.24, 2.45) is 0 Å². The topological polar surface area (TPSA) is 84.5 Å². The monoisotopic (exact) mass is 456 g/mol. The lowest BCUT2D eigenvalue weighted by Gasteiger charge is -2.09. The first kappa shape index (κ1) is 23.0. The molecule has 0 saturated carbocycles. The molecule has 2 aromatic carbocycles. The van der Waals surface area contributed by atoms with Crippen LogP contribution in [0, 0.1) is 6.92 Å². The molecule has 2 rings (SSSR count). The summed E-state index contributed by atoms with van der Waals surface area (Å²) < 4.78 is 4.93. The average molecular weight is 458 g/mol. The highest BCUT2D eigenvalue weighted by molar-refractivity contribution is 6.42. The summed E-state index contributed by atoms with van der Waals surface area (Å²) in [6.45, 7) is 1.40. The zero-order valence-electron chi connectivity index (χ0n) is 15.6. The molecule has 0 atom stereocenters. The molecule has 0 fully saturated rings. The zero-order chi connectivity index (χ0) is 21.4. The van der Waals surface area contributed by atoms with Crippen LogP contribution in [-0.4, -0.2) is 24.4 Å². The van der Waals surface area contributed by atoms with Crippen LogP contribution in [0.15, 0.2) is 36.4 Å². The van der Waals surface area contributed by atoms with Gasteiger partial charge in [-0.15, -0.1) is 0 Å². The number of halogens is 3. The van der Waals surface area contributed by atoms with Crippen molar-refractivity contribution in [1.82, 2.24) is 0 Å². The highest BCUT2D eigenvalue weighted by Gasteiger charge is 2.11. The van der Waals surface area contributed by atoms with Gasteiger partial charge in [0.05, 0.1) is 10.0 Å². The molecule has 6 nitrogen and oxygen atoms in total. The van der Waals surface area contributed by atoms with Gasteiger partial charge in [-0.1, -0.05) is 40.9 Å². The smallest absolute Gasteiger partial charge is 0.306 e. The Morgan fingerprint density at radius 2 is 1.66 bits per heavy atom. The van der Waals surface area contributed by atoms with E-state index in [9.17, 15) is 14.4 Å². The first-order valence-corrected chi connectivity index (χ1v) is 9.84. The van der Waals surface area contributed by atoms with Crippen LogP contribution in [0.1, 0.15) is 24.8 Å². The molecule has 0 spiro atoms. The summed E-state index contributed by atoms with van der Waals surface area (Å²) in [5.74, 6) is -1.31. The lowest BCUT2D eigenvalue weighted by molar-refractivity contribution is -0.147. The molecule has 0 heterocycles. The van der Waals surface area contributed by atoms with Crippen molar-refractivity contribution in [2.45, 2.75) is 26.2 Å². The number of hydrogen-bond acceptors (Lipinski definition) is 4. The molecule has 2 N–H and O–H groups in total. The van der Waals surface area contributed by atoms with E-state index in [4.69, 9.17) is 39.5 Å². The van der Waals surface area contributed by atoms with E-state index in [1.165, 1.54) is 6.07 Å². The molecule has 0 saturated heterocycles. The number of carbonyl (C=O) groups is 3. The highest BCUT2D eigenvalue weighted by Crippen LogP contribution is 2.25. The zero-order valence-corrected chi connectivity index (χ0v) is 17.8. The van der Waals surface area contributed by atoms with Crippen molar-refractivity contribution in [3.05, 3.63) is 57.0 Å². The third-order valence-electron chi connectivity index (χ3n) is 3.83. The minimum absolute atomic E-state index is 0.0122. The van der Waals surface area contributed by atoms with Gasteiger partial charge in [-0.25, -0.2) is 0 Å². The van der Waals surface area contributed by atoms with E-state index in [0.717, 1.165) is 5.56 Å². The third-order valence-corrected chi connectivity index (χ3v) is 4.80. The van der Waals surface area contributed by atoms with E-state index in [1.807, 2.05) is 6.92 Å². The molecule has 154 valence electrons. The predicted octanol–water partition coefficient (Wildman–Crippen LogP) is 5.25. The van der Waals surface area contributed by atoms with Gasteiger partial charge in [-0.05, 0) is 49.2 Å².